The summed E-state index contributed by atoms with van der Waals surface area (Å²) in [4.78, 5) is 22.4. The minimum atomic E-state index is -0.923. The Morgan fingerprint density at radius 1 is 1.57 bits per heavy atom. The fourth-order valence-corrected chi connectivity index (χ4v) is 1.28. The van der Waals surface area contributed by atoms with Gasteiger partial charge in [-0.25, -0.2) is 4.79 Å². The summed E-state index contributed by atoms with van der Waals surface area (Å²) >= 11 is 0. The Morgan fingerprint density at radius 2 is 2.21 bits per heavy atom. The summed E-state index contributed by atoms with van der Waals surface area (Å²) in [6, 6.07) is -0.923. The maximum Gasteiger partial charge on any atom is 0.330 e. The fraction of sp³-hybridized carbons (Fsp3) is 0.778. The van der Waals surface area contributed by atoms with E-state index in [9.17, 15) is 9.59 Å². The average Bonchev–Trinajstić information content (AvgIpc) is 2.10. The van der Waals surface area contributed by atoms with Crippen molar-refractivity contribution >= 4 is 11.9 Å². The van der Waals surface area contributed by atoms with Crippen molar-refractivity contribution in [1.29, 1.82) is 0 Å². The van der Waals surface area contributed by atoms with Gasteiger partial charge in [-0.05, 0) is 12.8 Å². The Bertz CT molecular complexity index is 225. The third-order valence-electron chi connectivity index (χ3n) is 2.46. The molecular weight excluding hydrogens is 186 g/mol. The van der Waals surface area contributed by atoms with Gasteiger partial charge in [0.05, 0.1) is 13.7 Å². The molecule has 0 radical (unpaired) electrons. The van der Waals surface area contributed by atoms with Gasteiger partial charge in [0, 0.05) is 5.92 Å². The maximum absolute atomic E-state index is 11.4. The van der Waals surface area contributed by atoms with Gasteiger partial charge in [-0.1, -0.05) is 6.42 Å². The number of esters is 1. The van der Waals surface area contributed by atoms with E-state index in [-0.39, 0.29) is 11.8 Å². The van der Waals surface area contributed by atoms with Crippen LogP contribution in [-0.2, 0) is 14.3 Å². The first kappa shape index (κ1) is 11.0. The van der Waals surface area contributed by atoms with Crippen molar-refractivity contribution < 1.29 is 19.4 Å². The van der Waals surface area contributed by atoms with Crippen molar-refractivity contribution in [2.75, 3.05) is 13.7 Å². The van der Waals surface area contributed by atoms with Crippen molar-refractivity contribution in [3.05, 3.63) is 0 Å². The molecule has 2 N–H and O–H groups in total. The third kappa shape index (κ3) is 2.45. The molecule has 1 aliphatic carbocycles. The minimum absolute atomic E-state index is 0.00806. The number of hydrogen-bond donors (Lipinski definition) is 2. The van der Waals surface area contributed by atoms with Crippen LogP contribution in [0.2, 0.25) is 0 Å². The fourth-order valence-electron chi connectivity index (χ4n) is 1.28. The van der Waals surface area contributed by atoms with Gasteiger partial charge in [0.1, 0.15) is 0 Å². The first-order valence-electron chi connectivity index (χ1n) is 4.68. The van der Waals surface area contributed by atoms with E-state index in [0.29, 0.717) is 0 Å². The van der Waals surface area contributed by atoms with E-state index in [1.165, 1.54) is 7.11 Å². The van der Waals surface area contributed by atoms with Gasteiger partial charge in [0.2, 0.25) is 5.91 Å². The highest BCUT2D eigenvalue weighted by atomic mass is 16.5. The molecule has 80 valence electrons. The van der Waals surface area contributed by atoms with Crippen molar-refractivity contribution in [2.45, 2.75) is 25.3 Å². The normalized spacial score (nSPS) is 18.1. The smallest absolute Gasteiger partial charge is 0.330 e. The van der Waals surface area contributed by atoms with Crippen LogP contribution in [0.25, 0.3) is 0 Å². The summed E-state index contributed by atoms with van der Waals surface area (Å²) in [5, 5.41) is 11.3. The molecule has 1 amide bonds. The molecule has 1 unspecified atom stereocenters. The Labute approximate surface area is 82.4 Å². The van der Waals surface area contributed by atoms with Crippen LogP contribution in [0, 0.1) is 5.92 Å². The lowest BCUT2D eigenvalue weighted by Gasteiger charge is -2.25. The molecule has 0 aromatic rings. The highest BCUT2D eigenvalue weighted by molar-refractivity contribution is 5.86. The van der Waals surface area contributed by atoms with E-state index in [1.54, 1.807) is 0 Å². The van der Waals surface area contributed by atoms with Gasteiger partial charge in [-0.3, -0.25) is 4.79 Å². The standard InChI is InChI=1S/C9H15NO4/c1-14-9(13)7(5-11)10-8(12)6-3-2-4-6/h6-7,11H,2-5H2,1H3,(H,10,12). The first-order valence-corrected chi connectivity index (χ1v) is 4.68. The zero-order chi connectivity index (χ0) is 10.6. The lowest BCUT2D eigenvalue weighted by molar-refractivity contribution is -0.147. The summed E-state index contributed by atoms with van der Waals surface area (Å²) < 4.78 is 4.42. The van der Waals surface area contributed by atoms with E-state index in [2.05, 4.69) is 10.1 Å². The van der Waals surface area contributed by atoms with Crippen molar-refractivity contribution in [3.8, 4) is 0 Å². The lowest BCUT2D eigenvalue weighted by Crippen LogP contribution is -2.47. The molecule has 0 aromatic carbocycles. The van der Waals surface area contributed by atoms with E-state index in [0.717, 1.165) is 19.3 Å². The molecule has 0 bridgehead atoms. The molecule has 0 heterocycles. The number of ether oxygens (including phenoxy) is 1. The molecule has 0 aromatic heterocycles. The van der Waals surface area contributed by atoms with Crippen LogP contribution in [-0.4, -0.2) is 36.7 Å². The Morgan fingerprint density at radius 3 is 2.57 bits per heavy atom. The van der Waals surface area contributed by atoms with Crippen LogP contribution in [0.5, 0.6) is 0 Å². The molecular formula is C9H15NO4. The molecule has 0 saturated heterocycles. The number of hydrogen-bond acceptors (Lipinski definition) is 4. The second-order valence-electron chi connectivity index (χ2n) is 3.39. The Hall–Kier alpha value is -1.10. The molecule has 1 saturated carbocycles. The van der Waals surface area contributed by atoms with E-state index < -0.39 is 18.6 Å². The highest BCUT2D eigenvalue weighted by Crippen LogP contribution is 2.26. The van der Waals surface area contributed by atoms with E-state index in [4.69, 9.17) is 5.11 Å². The second kappa shape index (κ2) is 4.95. The van der Waals surface area contributed by atoms with Crippen molar-refractivity contribution in [2.24, 2.45) is 5.92 Å². The molecule has 5 nitrogen and oxygen atoms in total. The summed E-state index contributed by atoms with van der Waals surface area (Å²) in [6.45, 7) is -0.425. The van der Waals surface area contributed by atoms with Crippen LogP contribution in [0.1, 0.15) is 19.3 Å². The van der Waals surface area contributed by atoms with Gasteiger partial charge in [0.15, 0.2) is 6.04 Å². The monoisotopic (exact) mass is 201 g/mol. The molecule has 5 heteroatoms. The van der Waals surface area contributed by atoms with Gasteiger partial charge in [-0.2, -0.15) is 0 Å². The van der Waals surface area contributed by atoms with Crippen molar-refractivity contribution in [1.82, 2.24) is 5.32 Å². The number of carbonyl (C=O) groups excluding carboxylic acids is 2. The van der Waals surface area contributed by atoms with Gasteiger partial charge < -0.3 is 15.2 Å². The van der Waals surface area contributed by atoms with Gasteiger partial charge >= 0.3 is 5.97 Å². The molecule has 14 heavy (non-hydrogen) atoms. The van der Waals surface area contributed by atoms with E-state index >= 15 is 0 Å². The topological polar surface area (TPSA) is 75.6 Å². The van der Waals surface area contributed by atoms with Crippen LogP contribution in [0.4, 0.5) is 0 Å². The Kier molecular flexibility index (Phi) is 3.88. The summed E-state index contributed by atoms with van der Waals surface area (Å²) in [5.74, 6) is -0.769. The zero-order valence-corrected chi connectivity index (χ0v) is 8.16. The summed E-state index contributed by atoms with van der Waals surface area (Å²) in [5.41, 5.74) is 0. The van der Waals surface area contributed by atoms with Gasteiger partial charge in [0.25, 0.3) is 0 Å². The number of aliphatic hydroxyl groups is 1. The average molecular weight is 201 g/mol. The SMILES string of the molecule is COC(=O)C(CO)NC(=O)C1CCC1. The summed E-state index contributed by atoms with van der Waals surface area (Å²) in [7, 11) is 1.22. The number of rotatable bonds is 4. The minimum Gasteiger partial charge on any atom is -0.467 e. The molecule has 0 spiro atoms. The molecule has 1 fully saturated rings. The largest absolute Gasteiger partial charge is 0.467 e. The quantitative estimate of drug-likeness (QED) is 0.598. The molecule has 1 rings (SSSR count). The Balaban J connectivity index is 2.38. The van der Waals surface area contributed by atoms with Crippen LogP contribution in [0.15, 0.2) is 0 Å². The number of aliphatic hydroxyl groups excluding tert-OH is 1. The summed E-state index contributed by atoms with van der Waals surface area (Å²) in [6.07, 6.45) is 2.79. The number of amides is 1. The molecule has 0 aliphatic heterocycles. The molecule has 1 atom stereocenters. The number of nitrogens with one attached hydrogen (secondary N) is 1. The maximum atomic E-state index is 11.4. The number of methoxy groups -OCH3 is 1. The molecule has 1 aliphatic rings. The number of carbonyl (C=O) groups is 2. The zero-order valence-electron chi connectivity index (χ0n) is 8.16. The van der Waals surface area contributed by atoms with Crippen LogP contribution in [0.3, 0.4) is 0 Å². The predicted octanol–water partition coefficient (Wildman–Crippen LogP) is -0.563. The van der Waals surface area contributed by atoms with Crippen molar-refractivity contribution in [3.63, 3.8) is 0 Å². The van der Waals surface area contributed by atoms with Crippen LogP contribution >= 0.6 is 0 Å². The predicted molar refractivity (Wildman–Crippen MR) is 48.4 cm³/mol. The second-order valence-corrected chi connectivity index (χ2v) is 3.39. The lowest BCUT2D eigenvalue weighted by atomic mass is 9.84. The van der Waals surface area contributed by atoms with Crippen LogP contribution < -0.4 is 5.32 Å². The third-order valence-corrected chi connectivity index (χ3v) is 2.46. The van der Waals surface area contributed by atoms with Gasteiger partial charge in [-0.15, -0.1) is 0 Å². The first-order chi connectivity index (χ1) is 6.69. The van der Waals surface area contributed by atoms with E-state index in [1.807, 2.05) is 0 Å². The highest BCUT2D eigenvalue weighted by Gasteiger charge is 2.29.